The van der Waals surface area contributed by atoms with Crippen molar-refractivity contribution in [2.24, 2.45) is 17.3 Å². The average Bonchev–Trinajstić information content (AvgIpc) is 2.66. The van der Waals surface area contributed by atoms with Gasteiger partial charge in [0.25, 0.3) is 0 Å². The predicted molar refractivity (Wildman–Crippen MR) is 107 cm³/mol. The topological polar surface area (TPSA) is 78.9 Å². The number of ether oxygens (including phenoxy) is 3. The van der Waals surface area contributed by atoms with Gasteiger partial charge in [0.15, 0.2) is 6.61 Å². The smallest absolute Gasteiger partial charge is 0.389 e. The van der Waals surface area contributed by atoms with Gasteiger partial charge in [0.2, 0.25) is 0 Å². The van der Waals surface area contributed by atoms with E-state index in [4.69, 9.17) is 14.2 Å². The van der Waals surface area contributed by atoms with Crippen molar-refractivity contribution < 1.29 is 41.8 Å². The van der Waals surface area contributed by atoms with Crippen molar-refractivity contribution >= 4 is 17.9 Å². The van der Waals surface area contributed by atoms with Crippen LogP contribution in [0.1, 0.15) is 71.1 Å². The molecule has 6 nitrogen and oxygen atoms in total. The van der Waals surface area contributed by atoms with Crippen molar-refractivity contribution in [2.45, 2.75) is 82.9 Å². The Hall–Kier alpha value is -2.06. The Labute approximate surface area is 185 Å². The summed E-state index contributed by atoms with van der Waals surface area (Å²) in [6, 6.07) is 0. The minimum absolute atomic E-state index is 0.0104. The molecule has 4 aliphatic rings. The van der Waals surface area contributed by atoms with E-state index < -0.39 is 48.1 Å². The predicted octanol–water partition coefficient (Wildman–Crippen LogP) is 4.65. The number of unbranched alkanes of at least 4 members (excludes halogenated alkanes) is 2. The summed E-state index contributed by atoms with van der Waals surface area (Å²) in [5.41, 5.74) is -1.13. The zero-order chi connectivity index (χ0) is 23.6. The van der Waals surface area contributed by atoms with E-state index in [0.717, 1.165) is 19.3 Å². The lowest BCUT2D eigenvalue weighted by molar-refractivity contribution is -0.211. The molecule has 0 aliphatic heterocycles. The number of hydrogen-bond acceptors (Lipinski definition) is 6. The van der Waals surface area contributed by atoms with Gasteiger partial charge in [0.1, 0.15) is 5.60 Å². The number of halogens is 3. The second-order valence-corrected chi connectivity index (χ2v) is 9.82. The van der Waals surface area contributed by atoms with Crippen LogP contribution < -0.4 is 0 Å². The Morgan fingerprint density at radius 1 is 1.00 bits per heavy atom. The van der Waals surface area contributed by atoms with E-state index in [1.165, 1.54) is 0 Å². The Balaban J connectivity index is 1.46. The Kier molecular flexibility index (Phi) is 7.25. The highest BCUT2D eigenvalue weighted by Crippen LogP contribution is 2.63. The van der Waals surface area contributed by atoms with Crippen LogP contribution in [0.3, 0.4) is 0 Å². The lowest BCUT2D eigenvalue weighted by Crippen LogP contribution is -2.60. The molecule has 0 aromatic rings. The molecule has 4 saturated carbocycles. The van der Waals surface area contributed by atoms with Crippen molar-refractivity contribution in [3.63, 3.8) is 0 Å². The number of carbonyl (C=O) groups excluding carboxylic acids is 3. The minimum atomic E-state index is -4.18. The number of rotatable bonds is 10. The molecule has 0 spiro atoms. The summed E-state index contributed by atoms with van der Waals surface area (Å²) in [5.74, 6) is -1.10. The first-order chi connectivity index (χ1) is 14.9. The first-order valence-corrected chi connectivity index (χ1v) is 11.2. The summed E-state index contributed by atoms with van der Waals surface area (Å²) in [6.45, 7) is 4.69. The summed E-state index contributed by atoms with van der Waals surface area (Å²) in [4.78, 5) is 37.0. The molecule has 0 amide bonds. The van der Waals surface area contributed by atoms with Crippen LogP contribution in [0.15, 0.2) is 12.2 Å². The molecule has 4 fully saturated rings. The quantitative estimate of drug-likeness (QED) is 0.204. The van der Waals surface area contributed by atoms with Gasteiger partial charge in [-0.25, -0.2) is 9.59 Å². The van der Waals surface area contributed by atoms with Crippen LogP contribution in [0.5, 0.6) is 0 Å². The highest BCUT2D eigenvalue weighted by Gasteiger charge is 2.63. The number of hydrogen-bond donors (Lipinski definition) is 0. The molecule has 0 aromatic heterocycles. The molecule has 2 atom stereocenters. The van der Waals surface area contributed by atoms with Crippen LogP contribution in [-0.2, 0) is 28.6 Å². The third kappa shape index (κ3) is 6.04. The Morgan fingerprint density at radius 2 is 1.66 bits per heavy atom. The van der Waals surface area contributed by atoms with Crippen molar-refractivity contribution in [1.82, 2.24) is 0 Å². The second-order valence-electron chi connectivity index (χ2n) is 9.82. The first-order valence-electron chi connectivity index (χ1n) is 11.2. The molecule has 0 N–H and O–H groups in total. The molecule has 2 unspecified atom stereocenters. The molecule has 0 radical (unpaired) electrons. The monoisotopic (exact) mass is 460 g/mol. The van der Waals surface area contributed by atoms with E-state index in [1.807, 2.05) is 0 Å². The molecule has 0 aromatic carbocycles. The first kappa shape index (κ1) is 24.6. The molecule has 0 saturated heterocycles. The molecular weight excluding hydrogens is 429 g/mol. The molecule has 32 heavy (non-hydrogen) atoms. The van der Waals surface area contributed by atoms with Gasteiger partial charge in [-0.1, -0.05) is 6.58 Å². The summed E-state index contributed by atoms with van der Waals surface area (Å²) < 4.78 is 52.4. The van der Waals surface area contributed by atoms with Gasteiger partial charge in [0, 0.05) is 18.4 Å². The molecule has 4 rings (SSSR count). The highest BCUT2D eigenvalue weighted by atomic mass is 19.4. The Morgan fingerprint density at radius 3 is 2.25 bits per heavy atom. The van der Waals surface area contributed by atoms with Crippen LogP contribution in [0.4, 0.5) is 13.2 Å². The van der Waals surface area contributed by atoms with Crippen molar-refractivity contribution in [3.8, 4) is 0 Å². The van der Waals surface area contributed by atoms with Gasteiger partial charge in [0.05, 0.1) is 12.0 Å². The SMILES string of the molecule is C=C(C)C(=O)OC12CC3CC(C1)CC(C(=O)OCC(=O)OCCCCCC(F)(F)F)(C3)C2. The number of carbonyl (C=O) groups is 3. The van der Waals surface area contributed by atoms with Gasteiger partial charge >= 0.3 is 24.1 Å². The number of esters is 3. The van der Waals surface area contributed by atoms with E-state index in [9.17, 15) is 27.6 Å². The van der Waals surface area contributed by atoms with E-state index in [1.54, 1.807) is 6.92 Å². The maximum Gasteiger partial charge on any atom is 0.389 e. The van der Waals surface area contributed by atoms with E-state index >= 15 is 0 Å². The summed E-state index contributed by atoms with van der Waals surface area (Å²) in [7, 11) is 0. The Bertz CT molecular complexity index is 745. The van der Waals surface area contributed by atoms with Gasteiger partial charge in [-0.05, 0) is 70.1 Å². The maximum atomic E-state index is 13.0. The maximum absolute atomic E-state index is 13.0. The standard InChI is InChI=1S/C23H31F3O6/c1-15(2)19(28)32-22-11-16-8-17(12-22)10-21(9-16,14-22)20(29)31-13-18(27)30-7-5-3-4-6-23(24,25)26/h16-17H,1,3-14H2,2H3. The third-order valence-electron chi connectivity index (χ3n) is 6.79. The van der Waals surface area contributed by atoms with E-state index in [2.05, 4.69) is 6.58 Å². The molecule has 9 heteroatoms. The molecule has 0 heterocycles. The molecule has 4 bridgehead atoms. The minimum Gasteiger partial charge on any atom is -0.463 e. The molecule has 4 aliphatic carbocycles. The fraction of sp³-hybridized carbons (Fsp3) is 0.783. The number of alkyl halides is 3. The highest BCUT2D eigenvalue weighted by molar-refractivity contribution is 5.87. The van der Waals surface area contributed by atoms with Gasteiger partial charge in [-0.2, -0.15) is 13.2 Å². The lowest BCUT2D eigenvalue weighted by atomic mass is 9.48. The average molecular weight is 460 g/mol. The summed E-state index contributed by atoms with van der Waals surface area (Å²) in [6.07, 6.45) is -0.276. The fourth-order valence-electron chi connectivity index (χ4n) is 5.93. The molecule has 180 valence electrons. The van der Waals surface area contributed by atoms with Crippen LogP contribution in [0, 0.1) is 17.3 Å². The zero-order valence-electron chi connectivity index (χ0n) is 18.4. The van der Waals surface area contributed by atoms with Crippen LogP contribution >= 0.6 is 0 Å². The summed E-state index contributed by atoms with van der Waals surface area (Å²) >= 11 is 0. The van der Waals surface area contributed by atoms with E-state index in [0.29, 0.717) is 37.7 Å². The van der Waals surface area contributed by atoms with Crippen molar-refractivity contribution in [1.29, 1.82) is 0 Å². The van der Waals surface area contributed by atoms with Gasteiger partial charge in [-0.15, -0.1) is 0 Å². The van der Waals surface area contributed by atoms with Gasteiger partial charge in [-0.3, -0.25) is 4.79 Å². The van der Waals surface area contributed by atoms with Crippen LogP contribution in [0.25, 0.3) is 0 Å². The lowest BCUT2D eigenvalue weighted by Gasteiger charge is -2.59. The van der Waals surface area contributed by atoms with Crippen LogP contribution in [-0.4, -0.2) is 42.9 Å². The normalized spacial score (nSPS) is 30.6. The summed E-state index contributed by atoms with van der Waals surface area (Å²) in [5, 5.41) is 0. The second kappa shape index (κ2) is 9.43. The van der Waals surface area contributed by atoms with E-state index in [-0.39, 0.29) is 24.9 Å². The third-order valence-corrected chi connectivity index (χ3v) is 6.79. The van der Waals surface area contributed by atoms with Gasteiger partial charge < -0.3 is 14.2 Å². The van der Waals surface area contributed by atoms with Crippen molar-refractivity contribution in [2.75, 3.05) is 13.2 Å². The van der Waals surface area contributed by atoms with Crippen molar-refractivity contribution in [3.05, 3.63) is 12.2 Å². The molecular formula is C23H31F3O6. The largest absolute Gasteiger partial charge is 0.463 e. The fourth-order valence-corrected chi connectivity index (χ4v) is 5.93. The van der Waals surface area contributed by atoms with Crippen LogP contribution in [0.2, 0.25) is 0 Å². The zero-order valence-corrected chi connectivity index (χ0v) is 18.4.